The van der Waals surface area contributed by atoms with Crippen LogP contribution in [0.5, 0.6) is 5.75 Å². The van der Waals surface area contributed by atoms with Gasteiger partial charge in [-0.1, -0.05) is 12.1 Å². The maximum Gasteiger partial charge on any atom is 0.169 e. The average Bonchev–Trinajstić information content (AvgIpc) is 2.19. The monoisotopic (exact) mass is 313 g/mol. The number of halogens is 1. The second kappa shape index (κ2) is 5.11. The predicted molar refractivity (Wildman–Crippen MR) is 54.7 cm³/mol. The van der Waals surface area contributed by atoms with Gasteiger partial charge in [0.1, 0.15) is 12.8 Å². The molecule has 0 saturated heterocycles. The minimum Gasteiger partial charge on any atom is -1.00 e. The molecule has 1 aromatic carbocycles. The van der Waals surface area contributed by atoms with Crippen LogP contribution in [0.2, 0.25) is 0 Å². The normalized spacial score (nSPS) is 9.40. The number of aromatic nitrogens is 1. The zero-order chi connectivity index (χ0) is 9.97. The van der Waals surface area contributed by atoms with E-state index in [9.17, 15) is 5.11 Å². The Kier molecular flexibility index (Phi) is 4.08. The van der Waals surface area contributed by atoms with Crippen molar-refractivity contribution >= 4 is 0 Å². The summed E-state index contributed by atoms with van der Waals surface area (Å²) < 4.78 is 1.98. The highest BCUT2D eigenvalue weighted by Crippen LogP contribution is 2.21. The van der Waals surface area contributed by atoms with E-state index in [0.29, 0.717) is 5.75 Å². The van der Waals surface area contributed by atoms with E-state index in [1.807, 2.05) is 48.3 Å². The number of aryl methyl sites for hydroxylation is 1. The molecule has 0 unspecified atom stereocenters. The number of rotatable bonds is 1. The van der Waals surface area contributed by atoms with Crippen LogP contribution in [0.25, 0.3) is 11.1 Å². The third kappa shape index (κ3) is 2.92. The Labute approximate surface area is 106 Å². The van der Waals surface area contributed by atoms with Crippen molar-refractivity contribution < 1.29 is 33.7 Å². The van der Waals surface area contributed by atoms with Gasteiger partial charge in [-0.15, -0.1) is 0 Å². The molecular formula is C12H12INO. The summed E-state index contributed by atoms with van der Waals surface area (Å²) in [4.78, 5) is 0. The molecule has 15 heavy (non-hydrogen) atoms. The first kappa shape index (κ1) is 12.0. The number of aromatic hydroxyl groups is 1. The minimum atomic E-state index is 0. The first-order chi connectivity index (χ1) is 6.75. The topological polar surface area (TPSA) is 24.1 Å². The molecule has 1 aromatic heterocycles. The molecular weight excluding hydrogens is 301 g/mol. The minimum absolute atomic E-state index is 0. The lowest BCUT2D eigenvalue weighted by molar-refractivity contribution is -0.671. The first-order valence-electron chi connectivity index (χ1n) is 4.50. The van der Waals surface area contributed by atoms with Gasteiger partial charge in [-0.3, -0.25) is 0 Å². The van der Waals surface area contributed by atoms with Crippen molar-refractivity contribution in [1.82, 2.24) is 0 Å². The van der Waals surface area contributed by atoms with E-state index in [-0.39, 0.29) is 24.0 Å². The number of nitrogens with zero attached hydrogens (tertiary/aromatic N) is 1. The van der Waals surface area contributed by atoms with Crippen LogP contribution in [0, 0.1) is 0 Å². The Morgan fingerprint density at radius 3 is 2.27 bits per heavy atom. The van der Waals surface area contributed by atoms with Gasteiger partial charge in [-0.25, -0.2) is 4.57 Å². The Balaban J connectivity index is 0.00000112. The Morgan fingerprint density at radius 2 is 1.67 bits per heavy atom. The summed E-state index contributed by atoms with van der Waals surface area (Å²) in [5.41, 5.74) is 2.14. The maximum absolute atomic E-state index is 9.32. The fraction of sp³-hybridized carbons (Fsp3) is 0.0833. The van der Waals surface area contributed by atoms with Gasteiger partial charge < -0.3 is 29.1 Å². The number of benzene rings is 1. The van der Waals surface area contributed by atoms with Crippen molar-refractivity contribution in [2.45, 2.75) is 0 Å². The Bertz CT molecular complexity index is 440. The first-order valence-corrected chi connectivity index (χ1v) is 4.50. The van der Waals surface area contributed by atoms with E-state index >= 15 is 0 Å². The van der Waals surface area contributed by atoms with Crippen molar-refractivity contribution in [2.24, 2.45) is 7.05 Å². The van der Waals surface area contributed by atoms with Crippen LogP contribution >= 0.6 is 0 Å². The van der Waals surface area contributed by atoms with Crippen molar-refractivity contribution in [3.63, 3.8) is 0 Å². The molecule has 0 spiro atoms. The Morgan fingerprint density at radius 1 is 1.00 bits per heavy atom. The van der Waals surface area contributed by atoms with E-state index in [2.05, 4.69) is 0 Å². The molecule has 0 aliphatic heterocycles. The van der Waals surface area contributed by atoms with Crippen LogP contribution in [0.3, 0.4) is 0 Å². The molecule has 0 aliphatic carbocycles. The molecule has 1 heterocycles. The van der Waals surface area contributed by atoms with Crippen LogP contribution < -0.4 is 28.5 Å². The number of phenols is 1. The number of phenolic OH excluding ortho intramolecular Hbond substituents is 1. The van der Waals surface area contributed by atoms with Crippen LogP contribution in [0.15, 0.2) is 48.8 Å². The molecule has 0 amide bonds. The summed E-state index contributed by atoms with van der Waals surface area (Å²) in [5.74, 6) is 0.302. The van der Waals surface area contributed by atoms with Gasteiger partial charge in [0.25, 0.3) is 0 Å². The molecule has 0 atom stereocenters. The fourth-order valence-corrected chi connectivity index (χ4v) is 1.38. The lowest BCUT2D eigenvalue weighted by atomic mass is 10.1. The van der Waals surface area contributed by atoms with Gasteiger partial charge in [-0.05, 0) is 23.3 Å². The molecule has 78 valence electrons. The molecule has 0 fully saturated rings. The number of hydrogen-bond acceptors (Lipinski definition) is 1. The second-order valence-corrected chi connectivity index (χ2v) is 3.30. The molecule has 2 aromatic rings. The van der Waals surface area contributed by atoms with E-state index in [4.69, 9.17) is 0 Å². The fourth-order valence-electron chi connectivity index (χ4n) is 1.38. The summed E-state index contributed by atoms with van der Waals surface area (Å²) in [6.45, 7) is 0. The SMILES string of the molecule is C[n+]1ccc(-c2cccc(O)c2)cc1.[I-]. The summed E-state index contributed by atoms with van der Waals surface area (Å²) >= 11 is 0. The average molecular weight is 313 g/mol. The summed E-state index contributed by atoms with van der Waals surface area (Å²) in [6, 6.07) is 11.3. The van der Waals surface area contributed by atoms with Crippen LogP contribution in [0.1, 0.15) is 0 Å². The van der Waals surface area contributed by atoms with Gasteiger partial charge >= 0.3 is 0 Å². The van der Waals surface area contributed by atoms with Crippen molar-refractivity contribution in [2.75, 3.05) is 0 Å². The summed E-state index contributed by atoms with van der Waals surface area (Å²) in [5, 5.41) is 9.32. The van der Waals surface area contributed by atoms with Crippen LogP contribution in [-0.4, -0.2) is 5.11 Å². The highest BCUT2D eigenvalue weighted by atomic mass is 127. The van der Waals surface area contributed by atoms with Gasteiger partial charge in [0.2, 0.25) is 0 Å². The van der Waals surface area contributed by atoms with E-state index in [0.717, 1.165) is 11.1 Å². The van der Waals surface area contributed by atoms with Crippen molar-refractivity contribution in [3.8, 4) is 16.9 Å². The molecule has 0 bridgehead atoms. The van der Waals surface area contributed by atoms with Gasteiger partial charge in [0.15, 0.2) is 12.4 Å². The van der Waals surface area contributed by atoms with E-state index < -0.39 is 0 Å². The zero-order valence-corrected chi connectivity index (χ0v) is 10.5. The van der Waals surface area contributed by atoms with E-state index in [1.165, 1.54) is 0 Å². The van der Waals surface area contributed by atoms with Gasteiger partial charge in [0, 0.05) is 12.1 Å². The van der Waals surface area contributed by atoms with Crippen molar-refractivity contribution in [3.05, 3.63) is 48.8 Å². The number of hydrogen-bond donors (Lipinski definition) is 1. The van der Waals surface area contributed by atoms with Crippen LogP contribution in [-0.2, 0) is 7.05 Å². The molecule has 0 saturated carbocycles. The van der Waals surface area contributed by atoms with Crippen molar-refractivity contribution in [1.29, 1.82) is 0 Å². The molecule has 2 nitrogen and oxygen atoms in total. The molecule has 1 N–H and O–H groups in total. The summed E-state index contributed by atoms with van der Waals surface area (Å²) in [6.07, 6.45) is 3.97. The second-order valence-electron chi connectivity index (χ2n) is 3.30. The number of pyridine rings is 1. The van der Waals surface area contributed by atoms with Gasteiger partial charge in [0.05, 0.1) is 0 Å². The lowest BCUT2D eigenvalue weighted by Crippen LogP contribution is -3.00. The third-order valence-electron chi connectivity index (χ3n) is 2.16. The molecule has 0 radical (unpaired) electrons. The quantitative estimate of drug-likeness (QED) is 0.524. The highest BCUT2D eigenvalue weighted by molar-refractivity contribution is 5.63. The summed E-state index contributed by atoms with van der Waals surface area (Å²) in [7, 11) is 1.98. The Hall–Kier alpha value is -1.10. The van der Waals surface area contributed by atoms with Crippen LogP contribution in [0.4, 0.5) is 0 Å². The third-order valence-corrected chi connectivity index (χ3v) is 2.16. The molecule has 0 aliphatic rings. The molecule has 3 heteroatoms. The predicted octanol–water partition coefficient (Wildman–Crippen LogP) is -1.11. The highest BCUT2D eigenvalue weighted by Gasteiger charge is 1.99. The lowest BCUT2D eigenvalue weighted by Gasteiger charge is -2.00. The van der Waals surface area contributed by atoms with Gasteiger partial charge in [-0.2, -0.15) is 0 Å². The van der Waals surface area contributed by atoms with E-state index in [1.54, 1.807) is 12.1 Å². The smallest absolute Gasteiger partial charge is 0.169 e. The largest absolute Gasteiger partial charge is 1.00 e. The zero-order valence-electron chi connectivity index (χ0n) is 8.39. The standard InChI is InChI=1S/C12H11NO.HI/c1-13-7-5-10(6-8-13)11-3-2-4-12(14)9-11;/h2-9H,1H3;1H. The molecule has 2 rings (SSSR count). The maximum atomic E-state index is 9.32.